The van der Waals surface area contributed by atoms with Gasteiger partial charge in [-0.2, -0.15) is 0 Å². The Kier molecular flexibility index (Phi) is 6.50. The van der Waals surface area contributed by atoms with Crippen LogP contribution in [0.15, 0.2) is 0 Å². The molecule has 2 heteroatoms. The summed E-state index contributed by atoms with van der Waals surface area (Å²) in [5.41, 5.74) is 6.00. The molecule has 1 fully saturated rings. The van der Waals surface area contributed by atoms with Crippen molar-refractivity contribution in [3.8, 4) is 0 Å². The standard InChI is InChI=1S/C15H31NO/c1-3-4-5-6-7-14(17)15(12-16)10-8-13(2)9-11-15/h13-14,17H,3-12,16H2,1-2H3. The van der Waals surface area contributed by atoms with Crippen LogP contribution in [0.1, 0.15) is 71.6 Å². The van der Waals surface area contributed by atoms with Crippen molar-refractivity contribution >= 4 is 0 Å². The second-order valence-corrected chi connectivity index (χ2v) is 6.11. The number of rotatable bonds is 7. The van der Waals surface area contributed by atoms with E-state index >= 15 is 0 Å². The van der Waals surface area contributed by atoms with E-state index in [0.717, 1.165) is 31.6 Å². The number of aliphatic hydroxyl groups excluding tert-OH is 1. The van der Waals surface area contributed by atoms with Crippen LogP contribution < -0.4 is 5.73 Å². The fraction of sp³-hybridized carbons (Fsp3) is 1.00. The quantitative estimate of drug-likeness (QED) is 0.670. The molecule has 17 heavy (non-hydrogen) atoms. The topological polar surface area (TPSA) is 46.2 Å². The van der Waals surface area contributed by atoms with Crippen LogP contribution in [0.4, 0.5) is 0 Å². The van der Waals surface area contributed by atoms with E-state index in [9.17, 15) is 5.11 Å². The highest BCUT2D eigenvalue weighted by Crippen LogP contribution is 2.42. The summed E-state index contributed by atoms with van der Waals surface area (Å²) in [4.78, 5) is 0. The Morgan fingerprint density at radius 3 is 2.41 bits per heavy atom. The predicted octanol–water partition coefficient (Wildman–Crippen LogP) is 3.47. The van der Waals surface area contributed by atoms with Crippen molar-refractivity contribution in [3.05, 3.63) is 0 Å². The number of hydrogen-bond donors (Lipinski definition) is 2. The Bertz CT molecular complexity index is 197. The van der Waals surface area contributed by atoms with Crippen LogP contribution in [-0.4, -0.2) is 17.8 Å². The predicted molar refractivity (Wildman–Crippen MR) is 73.9 cm³/mol. The first-order valence-electron chi connectivity index (χ1n) is 7.52. The van der Waals surface area contributed by atoms with E-state index < -0.39 is 0 Å². The second kappa shape index (κ2) is 7.38. The van der Waals surface area contributed by atoms with Crippen molar-refractivity contribution in [1.29, 1.82) is 0 Å². The SMILES string of the molecule is CCCCCCC(O)C1(CN)CCC(C)CC1. The van der Waals surface area contributed by atoms with Gasteiger partial charge in [-0.1, -0.05) is 52.4 Å². The minimum atomic E-state index is -0.170. The lowest BCUT2D eigenvalue weighted by atomic mass is 9.66. The van der Waals surface area contributed by atoms with Gasteiger partial charge in [-0.05, 0) is 25.2 Å². The highest BCUT2D eigenvalue weighted by atomic mass is 16.3. The molecule has 3 N–H and O–H groups in total. The van der Waals surface area contributed by atoms with E-state index in [2.05, 4.69) is 13.8 Å². The first kappa shape index (κ1) is 15.0. The lowest BCUT2D eigenvalue weighted by Gasteiger charge is -2.42. The molecule has 0 aromatic heterocycles. The maximum Gasteiger partial charge on any atom is 0.0608 e. The van der Waals surface area contributed by atoms with E-state index in [1.807, 2.05) is 0 Å². The van der Waals surface area contributed by atoms with E-state index in [0.29, 0.717) is 6.54 Å². The lowest BCUT2D eigenvalue weighted by Crippen LogP contribution is -2.44. The van der Waals surface area contributed by atoms with Crippen molar-refractivity contribution in [2.75, 3.05) is 6.54 Å². The van der Waals surface area contributed by atoms with Crippen molar-refractivity contribution in [2.45, 2.75) is 77.7 Å². The third-order valence-corrected chi connectivity index (χ3v) is 4.71. The summed E-state index contributed by atoms with van der Waals surface area (Å²) in [7, 11) is 0. The van der Waals surface area contributed by atoms with Gasteiger partial charge in [0.1, 0.15) is 0 Å². The second-order valence-electron chi connectivity index (χ2n) is 6.11. The molecule has 102 valence electrons. The monoisotopic (exact) mass is 241 g/mol. The van der Waals surface area contributed by atoms with Crippen molar-refractivity contribution in [2.24, 2.45) is 17.1 Å². The van der Waals surface area contributed by atoms with Crippen LogP contribution >= 0.6 is 0 Å². The van der Waals surface area contributed by atoms with Crippen LogP contribution in [0.25, 0.3) is 0 Å². The molecule has 0 saturated heterocycles. The molecule has 0 heterocycles. The summed E-state index contributed by atoms with van der Waals surface area (Å²) in [6.07, 6.45) is 10.5. The molecular formula is C15H31NO. The highest BCUT2D eigenvalue weighted by Gasteiger charge is 2.38. The van der Waals surface area contributed by atoms with Gasteiger partial charge >= 0.3 is 0 Å². The Hall–Kier alpha value is -0.0800. The van der Waals surface area contributed by atoms with Gasteiger partial charge in [0, 0.05) is 12.0 Å². The summed E-state index contributed by atoms with van der Waals surface area (Å²) in [5, 5.41) is 10.4. The number of aliphatic hydroxyl groups is 1. The summed E-state index contributed by atoms with van der Waals surface area (Å²) >= 11 is 0. The first-order valence-corrected chi connectivity index (χ1v) is 7.52. The Labute approximate surface area is 107 Å². The van der Waals surface area contributed by atoms with E-state index in [4.69, 9.17) is 5.73 Å². The van der Waals surface area contributed by atoms with Crippen molar-refractivity contribution in [3.63, 3.8) is 0 Å². The van der Waals surface area contributed by atoms with Gasteiger partial charge in [-0.15, -0.1) is 0 Å². The van der Waals surface area contributed by atoms with Crippen molar-refractivity contribution < 1.29 is 5.11 Å². The maximum absolute atomic E-state index is 10.4. The van der Waals surface area contributed by atoms with Gasteiger partial charge in [0.05, 0.1) is 6.10 Å². The number of unbranched alkanes of at least 4 members (excludes halogenated alkanes) is 3. The van der Waals surface area contributed by atoms with E-state index in [1.54, 1.807) is 0 Å². The molecule has 1 saturated carbocycles. The van der Waals surface area contributed by atoms with Gasteiger partial charge in [-0.3, -0.25) is 0 Å². The van der Waals surface area contributed by atoms with E-state index in [1.165, 1.54) is 32.1 Å². The molecule has 0 aromatic carbocycles. The normalized spacial score (nSPS) is 31.4. The fourth-order valence-electron chi connectivity index (χ4n) is 3.08. The van der Waals surface area contributed by atoms with Gasteiger partial charge in [0.15, 0.2) is 0 Å². The smallest absolute Gasteiger partial charge is 0.0608 e. The first-order chi connectivity index (χ1) is 8.14. The highest BCUT2D eigenvalue weighted by molar-refractivity contribution is 4.91. The summed E-state index contributed by atoms with van der Waals surface area (Å²) in [5.74, 6) is 0.821. The maximum atomic E-state index is 10.4. The summed E-state index contributed by atoms with van der Waals surface area (Å²) < 4.78 is 0. The number of nitrogens with two attached hydrogens (primary N) is 1. The average Bonchev–Trinajstić information content (AvgIpc) is 2.36. The average molecular weight is 241 g/mol. The zero-order valence-electron chi connectivity index (χ0n) is 11.8. The van der Waals surface area contributed by atoms with Gasteiger partial charge in [0.2, 0.25) is 0 Å². The molecule has 0 aliphatic heterocycles. The molecular weight excluding hydrogens is 210 g/mol. The summed E-state index contributed by atoms with van der Waals surface area (Å²) in [6.45, 7) is 5.20. The van der Waals surface area contributed by atoms with Gasteiger partial charge in [-0.25, -0.2) is 0 Å². The fourth-order valence-corrected chi connectivity index (χ4v) is 3.08. The minimum Gasteiger partial charge on any atom is -0.393 e. The Balaban J connectivity index is 2.37. The molecule has 1 aliphatic rings. The number of hydrogen-bond acceptors (Lipinski definition) is 2. The zero-order chi connectivity index (χ0) is 12.7. The molecule has 0 aromatic rings. The Morgan fingerprint density at radius 1 is 1.24 bits per heavy atom. The summed E-state index contributed by atoms with van der Waals surface area (Å²) in [6, 6.07) is 0. The van der Waals surface area contributed by atoms with Crippen molar-refractivity contribution in [1.82, 2.24) is 0 Å². The third kappa shape index (κ3) is 4.26. The van der Waals surface area contributed by atoms with Crippen LogP contribution in [0, 0.1) is 11.3 Å². The van der Waals surface area contributed by atoms with Gasteiger partial charge in [0.25, 0.3) is 0 Å². The Morgan fingerprint density at radius 2 is 1.88 bits per heavy atom. The molecule has 1 rings (SSSR count). The molecule has 1 aliphatic carbocycles. The molecule has 0 radical (unpaired) electrons. The molecule has 0 amide bonds. The van der Waals surface area contributed by atoms with Gasteiger partial charge < -0.3 is 10.8 Å². The minimum absolute atomic E-state index is 0.0404. The molecule has 1 atom stereocenters. The molecule has 2 nitrogen and oxygen atoms in total. The van der Waals surface area contributed by atoms with Crippen LogP contribution in [0.3, 0.4) is 0 Å². The van der Waals surface area contributed by atoms with Crippen LogP contribution in [0.2, 0.25) is 0 Å². The third-order valence-electron chi connectivity index (χ3n) is 4.71. The van der Waals surface area contributed by atoms with E-state index in [-0.39, 0.29) is 11.5 Å². The van der Waals surface area contributed by atoms with Crippen LogP contribution in [-0.2, 0) is 0 Å². The molecule has 0 bridgehead atoms. The van der Waals surface area contributed by atoms with Crippen LogP contribution in [0.5, 0.6) is 0 Å². The zero-order valence-corrected chi connectivity index (χ0v) is 11.8. The molecule has 1 unspecified atom stereocenters. The largest absolute Gasteiger partial charge is 0.393 e. The lowest BCUT2D eigenvalue weighted by molar-refractivity contribution is -0.0126. The molecule has 0 spiro atoms.